The maximum Gasteiger partial charge on any atom is 0.119 e. The molecule has 15 heavy (non-hydrogen) atoms. The highest BCUT2D eigenvalue weighted by atomic mass is 79.9. The van der Waals surface area contributed by atoms with Gasteiger partial charge >= 0.3 is 0 Å². The SMILES string of the molecule is C=CCCCOc1cc(C)c(Br)c(C)c1. The molecule has 0 aliphatic carbocycles. The van der Waals surface area contributed by atoms with E-state index in [0.717, 1.165) is 25.2 Å². The first-order chi connectivity index (χ1) is 7.15. The molecule has 0 atom stereocenters. The van der Waals surface area contributed by atoms with Crippen LogP contribution in [0.2, 0.25) is 0 Å². The summed E-state index contributed by atoms with van der Waals surface area (Å²) in [4.78, 5) is 0. The molecule has 1 aromatic rings. The third kappa shape index (κ3) is 3.71. The molecule has 0 aliphatic heterocycles. The summed E-state index contributed by atoms with van der Waals surface area (Å²) in [6.45, 7) is 8.59. The van der Waals surface area contributed by atoms with Gasteiger partial charge in [0.25, 0.3) is 0 Å². The van der Waals surface area contributed by atoms with Gasteiger partial charge < -0.3 is 4.74 Å². The Kier molecular flexibility index (Phi) is 4.89. The van der Waals surface area contributed by atoms with Crippen LogP contribution in [0.25, 0.3) is 0 Å². The predicted octanol–water partition coefficient (Wildman–Crippen LogP) is 4.41. The number of unbranched alkanes of at least 4 members (excludes halogenated alkanes) is 1. The highest BCUT2D eigenvalue weighted by molar-refractivity contribution is 9.10. The number of allylic oxidation sites excluding steroid dienone is 1. The van der Waals surface area contributed by atoms with Crippen molar-refractivity contribution in [2.24, 2.45) is 0 Å². The smallest absolute Gasteiger partial charge is 0.119 e. The fraction of sp³-hybridized carbons (Fsp3) is 0.385. The van der Waals surface area contributed by atoms with Crippen molar-refractivity contribution < 1.29 is 4.74 Å². The topological polar surface area (TPSA) is 9.23 Å². The van der Waals surface area contributed by atoms with Crippen LogP contribution in [-0.2, 0) is 0 Å². The number of aryl methyl sites for hydroxylation is 2. The van der Waals surface area contributed by atoms with Crippen molar-refractivity contribution >= 4 is 15.9 Å². The molecule has 0 saturated heterocycles. The molecule has 0 amide bonds. The van der Waals surface area contributed by atoms with Gasteiger partial charge in [0.1, 0.15) is 5.75 Å². The van der Waals surface area contributed by atoms with Gasteiger partial charge in [-0.25, -0.2) is 0 Å². The molecule has 0 bridgehead atoms. The third-order valence-corrected chi connectivity index (χ3v) is 3.48. The van der Waals surface area contributed by atoms with Gasteiger partial charge in [-0.3, -0.25) is 0 Å². The number of hydrogen-bond acceptors (Lipinski definition) is 1. The van der Waals surface area contributed by atoms with Gasteiger partial charge in [-0.1, -0.05) is 22.0 Å². The van der Waals surface area contributed by atoms with Gasteiger partial charge in [0, 0.05) is 4.47 Å². The second-order valence-electron chi connectivity index (χ2n) is 3.65. The van der Waals surface area contributed by atoms with E-state index >= 15 is 0 Å². The first-order valence-electron chi connectivity index (χ1n) is 5.15. The van der Waals surface area contributed by atoms with E-state index in [1.54, 1.807) is 0 Å². The van der Waals surface area contributed by atoms with Crippen molar-refractivity contribution in [1.29, 1.82) is 0 Å². The largest absolute Gasteiger partial charge is 0.494 e. The summed E-state index contributed by atoms with van der Waals surface area (Å²) in [6.07, 6.45) is 3.95. The molecule has 0 spiro atoms. The van der Waals surface area contributed by atoms with E-state index in [1.807, 2.05) is 6.08 Å². The summed E-state index contributed by atoms with van der Waals surface area (Å²) in [5.41, 5.74) is 2.43. The molecule has 0 fully saturated rings. The summed E-state index contributed by atoms with van der Waals surface area (Å²) in [5, 5.41) is 0. The highest BCUT2D eigenvalue weighted by Gasteiger charge is 2.02. The normalized spacial score (nSPS) is 10.1. The second kappa shape index (κ2) is 5.96. The minimum absolute atomic E-state index is 0.756. The Bertz CT molecular complexity index is 321. The van der Waals surface area contributed by atoms with E-state index in [4.69, 9.17) is 4.74 Å². The van der Waals surface area contributed by atoms with Crippen LogP contribution in [0.15, 0.2) is 29.3 Å². The zero-order chi connectivity index (χ0) is 11.3. The maximum atomic E-state index is 5.66. The Balaban J connectivity index is 2.58. The summed E-state index contributed by atoms with van der Waals surface area (Å²) < 4.78 is 6.82. The molecule has 0 heterocycles. The average Bonchev–Trinajstić information content (AvgIpc) is 2.21. The molecule has 0 radical (unpaired) electrons. The Labute approximate surface area is 100 Å². The van der Waals surface area contributed by atoms with Crippen molar-refractivity contribution in [2.75, 3.05) is 6.61 Å². The lowest BCUT2D eigenvalue weighted by Crippen LogP contribution is -1.97. The van der Waals surface area contributed by atoms with Gasteiger partial charge in [-0.15, -0.1) is 6.58 Å². The van der Waals surface area contributed by atoms with Gasteiger partial charge in [0.2, 0.25) is 0 Å². The third-order valence-electron chi connectivity index (χ3n) is 2.23. The number of ether oxygens (including phenoxy) is 1. The van der Waals surface area contributed by atoms with Gasteiger partial charge in [0.15, 0.2) is 0 Å². The van der Waals surface area contributed by atoms with Crippen LogP contribution in [0.5, 0.6) is 5.75 Å². The summed E-state index contributed by atoms with van der Waals surface area (Å²) in [6, 6.07) is 4.12. The maximum absolute atomic E-state index is 5.66. The van der Waals surface area contributed by atoms with Crippen LogP contribution in [0, 0.1) is 13.8 Å². The molecule has 1 aromatic carbocycles. The first kappa shape index (κ1) is 12.3. The Morgan fingerprint density at radius 1 is 1.33 bits per heavy atom. The molecule has 0 aliphatic rings. The molecular weight excluding hydrogens is 252 g/mol. The van der Waals surface area contributed by atoms with Crippen molar-refractivity contribution in [3.05, 3.63) is 40.4 Å². The molecule has 1 nitrogen and oxygen atoms in total. The van der Waals surface area contributed by atoms with Crippen molar-refractivity contribution in [3.63, 3.8) is 0 Å². The lowest BCUT2D eigenvalue weighted by atomic mass is 10.1. The Morgan fingerprint density at radius 2 is 1.93 bits per heavy atom. The van der Waals surface area contributed by atoms with E-state index in [9.17, 15) is 0 Å². The molecule has 0 aromatic heterocycles. The average molecular weight is 269 g/mol. The fourth-order valence-electron chi connectivity index (χ4n) is 1.41. The molecule has 0 N–H and O–H groups in total. The van der Waals surface area contributed by atoms with Crippen molar-refractivity contribution in [3.8, 4) is 5.75 Å². The standard InChI is InChI=1S/C13H17BrO/c1-4-5-6-7-15-12-8-10(2)13(14)11(3)9-12/h4,8-9H,1,5-7H2,2-3H3. The number of rotatable bonds is 5. The van der Waals surface area contributed by atoms with E-state index in [2.05, 4.69) is 48.5 Å². The Hall–Kier alpha value is -0.760. The highest BCUT2D eigenvalue weighted by Crippen LogP contribution is 2.26. The van der Waals surface area contributed by atoms with E-state index in [0.29, 0.717) is 0 Å². The monoisotopic (exact) mass is 268 g/mol. The zero-order valence-electron chi connectivity index (χ0n) is 9.35. The molecular formula is C13H17BrO. The number of hydrogen-bond donors (Lipinski definition) is 0. The fourth-order valence-corrected chi connectivity index (χ4v) is 1.64. The predicted molar refractivity (Wildman–Crippen MR) is 68.5 cm³/mol. The van der Waals surface area contributed by atoms with E-state index in [1.165, 1.54) is 15.6 Å². The minimum atomic E-state index is 0.756. The van der Waals surface area contributed by atoms with Crippen LogP contribution in [0.1, 0.15) is 24.0 Å². The van der Waals surface area contributed by atoms with Crippen molar-refractivity contribution in [1.82, 2.24) is 0 Å². The Morgan fingerprint density at radius 3 is 2.47 bits per heavy atom. The van der Waals surface area contributed by atoms with Crippen molar-refractivity contribution in [2.45, 2.75) is 26.7 Å². The van der Waals surface area contributed by atoms with Crippen LogP contribution in [-0.4, -0.2) is 6.61 Å². The summed E-state index contributed by atoms with van der Waals surface area (Å²) in [7, 11) is 0. The molecule has 1 rings (SSSR count). The lowest BCUT2D eigenvalue weighted by molar-refractivity contribution is 0.311. The molecule has 0 saturated carbocycles. The molecule has 82 valence electrons. The minimum Gasteiger partial charge on any atom is -0.494 e. The first-order valence-corrected chi connectivity index (χ1v) is 5.95. The van der Waals surface area contributed by atoms with E-state index < -0.39 is 0 Å². The zero-order valence-corrected chi connectivity index (χ0v) is 10.9. The quantitative estimate of drug-likeness (QED) is 0.568. The van der Waals surface area contributed by atoms with Gasteiger partial charge in [0.05, 0.1) is 6.61 Å². The van der Waals surface area contributed by atoms with Crippen LogP contribution in [0.4, 0.5) is 0 Å². The number of halogens is 1. The van der Waals surface area contributed by atoms with Gasteiger partial charge in [-0.05, 0) is 49.9 Å². The second-order valence-corrected chi connectivity index (χ2v) is 4.44. The molecule has 0 unspecified atom stereocenters. The molecule has 2 heteroatoms. The van der Waals surface area contributed by atoms with Gasteiger partial charge in [-0.2, -0.15) is 0 Å². The lowest BCUT2D eigenvalue weighted by Gasteiger charge is -2.09. The van der Waals surface area contributed by atoms with Crippen LogP contribution in [0.3, 0.4) is 0 Å². The number of benzene rings is 1. The summed E-state index contributed by atoms with van der Waals surface area (Å²) >= 11 is 3.54. The van der Waals surface area contributed by atoms with Crippen LogP contribution < -0.4 is 4.74 Å². The van der Waals surface area contributed by atoms with Crippen LogP contribution >= 0.6 is 15.9 Å². The van der Waals surface area contributed by atoms with E-state index in [-0.39, 0.29) is 0 Å². The summed E-state index contributed by atoms with van der Waals surface area (Å²) in [5.74, 6) is 0.956.